The quantitative estimate of drug-likeness (QED) is 0.817. The second kappa shape index (κ2) is 5.65. The average molecular weight is 232 g/mol. The Labute approximate surface area is 105 Å². The first-order valence-electron chi connectivity index (χ1n) is 6.70. The van der Waals surface area contributed by atoms with Crippen molar-refractivity contribution in [3.05, 3.63) is 35.9 Å². The molecule has 0 radical (unpaired) electrons. The zero-order valence-electron chi connectivity index (χ0n) is 11.0. The Hall–Kier alpha value is -0.860. The van der Waals surface area contributed by atoms with Crippen LogP contribution in [0.4, 0.5) is 0 Å². The molecule has 94 valence electrons. The highest BCUT2D eigenvalue weighted by atomic mass is 15.2. The van der Waals surface area contributed by atoms with Crippen molar-refractivity contribution in [3.8, 4) is 0 Å². The van der Waals surface area contributed by atoms with Crippen LogP contribution in [0.1, 0.15) is 32.3 Å². The minimum atomic E-state index is 0.250. The summed E-state index contributed by atoms with van der Waals surface area (Å²) >= 11 is 0. The molecule has 0 aromatic heterocycles. The van der Waals surface area contributed by atoms with Crippen LogP contribution < -0.4 is 5.73 Å². The van der Waals surface area contributed by atoms with E-state index in [0.29, 0.717) is 6.04 Å². The summed E-state index contributed by atoms with van der Waals surface area (Å²) in [5, 5.41) is 0. The Balaban J connectivity index is 1.99. The second-order valence-corrected chi connectivity index (χ2v) is 5.47. The lowest BCUT2D eigenvalue weighted by atomic mass is 10.1. The summed E-state index contributed by atoms with van der Waals surface area (Å²) in [6.45, 7) is 6.47. The molecule has 2 unspecified atom stereocenters. The minimum absolute atomic E-state index is 0.250. The van der Waals surface area contributed by atoms with Crippen LogP contribution in [0.5, 0.6) is 0 Å². The van der Waals surface area contributed by atoms with Crippen LogP contribution in [0.2, 0.25) is 0 Å². The Morgan fingerprint density at radius 3 is 2.41 bits per heavy atom. The number of hydrogen-bond acceptors (Lipinski definition) is 2. The number of rotatable bonds is 6. The lowest BCUT2D eigenvalue weighted by Crippen LogP contribution is -2.41. The number of benzene rings is 1. The van der Waals surface area contributed by atoms with Crippen molar-refractivity contribution in [2.24, 2.45) is 11.7 Å². The van der Waals surface area contributed by atoms with Gasteiger partial charge in [-0.3, -0.25) is 4.90 Å². The molecule has 1 aromatic carbocycles. The summed E-state index contributed by atoms with van der Waals surface area (Å²) in [5.74, 6) is 0.900. The van der Waals surface area contributed by atoms with Crippen LogP contribution in [0.3, 0.4) is 0 Å². The van der Waals surface area contributed by atoms with Crippen LogP contribution in [0.25, 0.3) is 0 Å². The molecule has 2 rings (SSSR count). The molecule has 1 aliphatic rings. The first-order valence-corrected chi connectivity index (χ1v) is 6.70. The van der Waals surface area contributed by atoms with E-state index in [1.807, 2.05) is 0 Å². The fourth-order valence-electron chi connectivity index (χ4n) is 2.44. The van der Waals surface area contributed by atoms with E-state index in [9.17, 15) is 0 Å². The summed E-state index contributed by atoms with van der Waals surface area (Å²) in [6.07, 6.45) is 2.79. The van der Waals surface area contributed by atoms with Gasteiger partial charge in [0.25, 0.3) is 0 Å². The van der Waals surface area contributed by atoms with E-state index >= 15 is 0 Å². The predicted molar refractivity (Wildman–Crippen MR) is 72.7 cm³/mol. The summed E-state index contributed by atoms with van der Waals surface area (Å²) in [5.41, 5.74) is 7.35. The van der Waals surface area contributed by atoms with Gasteiger partial charge in [0.15, 0.2) is 0 Å². The molecule has 2 nitrogen and oxygen atoms in total. The zero-order valence-corrected chi connectivity index (χ0v) is 11.0. The Morgan fingerprint density at radius 2 is 1.88 bits per heavy atom. The third-order valence-corrected chi connectivity index (χ3v) is 3.63. The van der Waals surface area contributed by atoms with Gasteiger partial charge in [-0.2, -0.15) is 0 Å². The molecule has 1 fully saturated rings. The molecule has 0 heterocycles. The van der Waals surface area contributed by atoms with E-state index in [4.69, 9.17) is 5.73 Å². The van der Waals surface area contributed by atoms with Gasteiger partial charge in [0.05, 0.1) is 0 Å². The highest BCUT2D eigenvalue weighted by Crippen LogP contribution is 2.35. The first kappa shape index (κ1) is 12.6. The molecule has 0 spiro atoms. The molecule has 1 aliphatic carbocycles. The standard InChI is InChI=1S/C15H24N2/c1-12(16)10-17(13(2)15-8-9-15)11-14-6-4-3-5-7-14/h3-7,12-13,15H,8-11,16H2,1-2H3. The fraction of sp³-hybridized carbons (Fsp3) is 0.600. The van der Waals surface area contributed by atoms with Crippen LogP contribution in [0.15, 0.2) is 30.3 Å². The van der Waals surface area contributed by atoms with Crippen LogP contribution in [-0.4, -0.2) is 23.5 Å². The van der Waals surface area contributed by atoms with Crippen molar-refractivity contribution in [1.82, 2.24) is 4.90 Å². The van der Waals surface area contributed by atoms with Gasteiger partial charge in [-0.25, -0.2) is 0 Å². The maximum absolute atomic E-state index is 5.96. The van der Waals surface area contributed by atoms with E-state index in [1.54, 1.807) is 0 Å². The SMILES string of the molecule is CC(N)CN(Cc1ccccc1)C(C)C1CC1. The summed E-state index contributed by atoms with van der Waals surface area (Å²) in [6, 6.07) is 11.6. The van der Waals surface area contributed by atoms with Gasteiger partial charge >= 0.3 is 0 Å². The molecule has 2 heteroatoms. The van der Waals surface area contributed by atoms with E-state index in [2.05, 4.69) is 49.1 Å². The smallest absolute Gasteiger partial charge is 0.0237 e. The maximum Gasteiger partial charge on any atom is 0.0237 e. The minimum Gasteiger partial charge on any atom is -0.327 e. The topological polar surface area (TPSA) is 29.3 Å². The van der Waals surface area contributed by atoms with Gasteiger partial charge in [-0.05, 0) is 38.2 Å². The Bertz CT molecular complexity index is 330. The summed E-state index contributed by atoms with van der Waals surface area (Å²) in [4.78, 5) is 2.54. The lowest BCUT2D eigenvalue weighted by Gasteiger charge is -2.30. The molecule has 0 amide bonds. The van der Waals surface area contributed by atoms with Gasteiger partial charge in [0, 0.05) is 25.2 Å². The highest BCUT2D eigenvalue weighted by molar-refractivity contribution is 5.14. The molecular formula is C15H24N2. The van der Waals surface area contributed by atoms with Gasteiger partial charge in [0.2, 0.25) is 0 Å². The monoisotopic (exact) mass is 232 g/mol. The van der Waals surface area contributed by atoms with Crippen molar-refractivity contribution in [2.75, 3.05) is 6.54 Å². The third kappa shape index (κ3) is 3.83. The molecular weight excluding hydrogens is 208 g/mol. The third-order valence-electron chi connectivity index (χ3n) is 3.63. The number of nitrogens with zero attached hydrogens (tertiary/aromatic N) is 1. The van der Waals surface area contributed by atoms with E-state index in [1.165, 1.54) is 18.4 Å². The lowest BCUT2D eigenvalue weighted by molar-refractivity contribution is 0.172. The zero-order chi connectivity index (χ0) is 12.3. The molecule has 0 aliphatic heterocycles. The van der Waals surface area contributed by atoms with E-state index in [-0.39, 0.29) is 6.04 Å². The number of nitrogens with two attached hydrogens (primary N) is 1. The highest BCUT2D eigenvalue weighted by Gasteiger charge is 2.32. The van der Waals surface area contributed by atoms with Gasteiger partial charge in [0.1, 0.15) is 0 Å². The van der Waals surface area contributed by atoms with E-state index in [0.717, 1.165) is 19.0 Å². The molecule has 0 saturated heterocycles. The summed E-state index contributed by atoms with van der Waals surface area (Å²) in [7, 11) is 0. The van der Waals surface area contributed by atoms with Gasteiger partial charge in [-0.1, -0.05) is 30.3 Å². The average Bonchev–Trinajstić information content (AvgIpc) is 3.12. The normalized spacial score (nSPS) is 19.3. The van der Waals surface area contributed by atoms with Crippen molar-refractivity contribution < 1.29 is 0 Å². The molecule has 0 bridgehead atoms. The summed E-state index contributed by atoms with van der Waals surface area (Å²) < 4.78 is 0. The molecule has 2 atom stereocenters. The van der Waals surface area contributed by atoms with Crippen LogP contribution in [0, 0.1) is 5.92 Å². The van der Waals surface area contributed by atoms with Crippen molar-refractivity contribution in [1.29, 1.82) is 0 Å². The van der Waals surface area contributed by atoms with Gasteiger partial charge in [-0.15, -0.1) is 0 Å². The Kier molecular flexibility index (Phi) is 4.19. The van der Waals surface area contributed by atoms with Crippen molar-refractivity contribution >= 4 is 0 Å². The molecule has 2 N–H and O–H groups in total. The molecule has 1 aromatic rings. The van der Waals surface area contributed by atoms with Crippen molar-refractivity contribution in [2.45, 2.75) is 45.3 Å². The van der Waals surface area contributed by atoms with Crippen molar-refractivity contribution in [3.63, 3.8) is 0 Å². The fourth-order valence-corrected chi connectivity index (χ4v) is 2.44. The number of hydrogen-bond donors (Lipinski definition) is 1. The Morgan fingerprint density at radius 1 is 1.24 bits per heavy atom. The largest absolute Gasteiger partial charge is 0.327 e. The molecule has 17 heavy (non-hydrogen) atoms. The first-order chi connectivity index (χ1) is 8.16. The van der Waals surface area contributed by atoms with Gasteiger partial charge < -0.3 is 5.73 Å². The van der Waals surface area contributed by atoms with E-state index < -0.39 is 0 Å². The predicted octanol–water partition coefficient (Wildman–Crippen LogP) is 2.63. The second-order valence-electron chi connectivity index (χ2n) is 5.47. The maximum atomic E-state index is 5.96. The molecule has 1 saturated carbocycles. The van der Waals surface area contributed by atoms with Crippen LogP contribution in [-0.2, 0) is 6.54 Å². The van der Waals surface area contributed by atoms with Crippen LogP contribution >= 0.6 is 0 Å².